The first-order valence-corrected chi connectivity index (χ1v) is 8.36. The molecule has 0 radical (unpaired) electrons. The number of nitrogens with zero attached hydrogens (tertiary/aromatic N) is 2. The van der Waals surface area contributed by atoms with Gasteiger partial charge in [-0.15, -0.1) is 0 Å². The third-order valence-corrected chi connectivity index (χ3v) is 3.64. The van der Waals surface area contributed by atoms with E-state index < -0.39 is 0 Å². The predicted molar refractivity (Wildman–Crippen MR) is 97.2 cm³/mol. The van der Waals surface area contributed by atoms with E-state index in [-0.39, 0.29) is 17.7 Å². The molecule has 24 heavy (non-hydrogen) atoms. The highest BCUT2D eigenvalue weighted by molar-refractivity contribution is 5.69. The van der Waals surface area contributed by atoms with Crippen LogP contribution >= 0.6 is 0 Å². The Balaban J connectivity index is 0.00000100. The van der Waals surface area contributed by atoms with E-state index in [1.807, 2.05) is 70.5 Å². The molecule has 0 aliphatic heterocycles. The summed E-state index contributed by atoms with van der Waals surface area (Å²) < 4.78 is 21.7. The smallest absolute Gasteiger partial charge is 0.165 e. The zero-order valence-electron chi connectivity index (χ0n) is 15.2. The van der Waals surface area contributed by atoms with Crippen molar-refractivity contribution >= 4 is 5.65 Å². The first-order valence-electron chi connectivity index (χ1n) is 8.36. The van der Waals surface area contributed by atoms with E-state index in [2.05, 4.69) is 4.98 Å². The monoisotopic (exact) mass is 328 g/mol. The first kappa shape index (κ1) is 18.0. The highest BCUT2D eigenvalue weighted by atomic mass is 19.1. The summed E-state index contributed by atoms with van der Waals surface area (Å²) in [6.07, 6.45) is 3.79. The molecule has 2 heterocycles. The minimum absolute atomic E-state index is 0.0490. The van der Waals surface area contributed by atoms with Crippen LogP contribution in [0.1, 0.15) is 39.0 Å². The van der Waals surface area contributed by atoms with E-state index in [0.717, 1.165) is 28.0 Å². The molecule has 128 valence electrons. The number of hydrogen-bond donors (Lipinski definition) is 0. The maximum atomic E-state index is 14.2. The molecule has 4 heteroatoms. The summed E-state index contributed by atoms with van der Waals surface area (Å²) in [5, 5.41) is 0. The average Bonchev–Trinajstić information content (AvgIpc) is 2.90. The minimum Gasteiger partial charge on any atom is -0.488 e. The van der Waals surface area contributed by atoms with Crippen LogP contribution in [-0.4, -0.2) is 15.5 Å². The Bertz CT molecular complexity index is 837. The van der Waals surface area contributed by atoms with Gasteiger partial charge in [-0.2, -0.15) is 0 Å². The summed E-state index contributed by atoms with van der Waals surface area (Å²) in [7, 11) is 0. The number of imidazole rings is 1. The van der Waals surface area contributed by atoms with E-state index >= 15 is 0 Å². The maximum Gasteiger partial charge on any atom is 0.165 e. The second kappa shape index (κ2) is 7.47. The van der Waals surface area contributed by atoms with E-state index in [1.54, 1.807) is 6.07 Å². The highest BCUT2D eigenvalue weighted by Crippen LogP contribution is 2.29. The van der Waals surface area contributed by atoms with Crippen LogP contribution in [-0.2, 0) is 0 Å². The number of rotatable bonds is 3. The van der Waals surface area contributed by atoms with E-state index in [9.17, 15) is 4.39 Å². The van der Waals surface area contributed by atoms with Gasteiger partial charge in [-0.3, -0.25) is 0 Å². The molecular formula is C20H25FN2O. The van der Waals surface area contributed by atoms with Crippen molar-refractivity contribution in [2.45, 2.75) is 47.6 Å². The van der Waals surface area contributed by atoms with Gasteiger partial charge in [0.2, 0.25) is 0 Å². The summed E-state index contributed by atoms with van der Waals surface area (Å²) in [6.45, 7) is 11.8. The van der Waals surface area contributed by atoms with Crippen LogP contribution in [0.25, 0.3) is 16.8 Å². The molecule has 3 nitrogen and oxygen atoms in total. The molecule has 0 unspecified atom stereocenters. The van der Waals surface area contributed by atoms with Crippen LogP contribution in [0.5, 0.6) is 5.75 Å². The molecule has 3 aromatic rings. The van der Waals surface area contributed by atoms with Gasteiger partial charge in [0.1, 0.15) is 5.65 Å². The molecule has 0 saturated carbocycles. The van der Waals surface area contributed by atoms with Gasteiger partial charge in [0.25, 0.3) is 0 Å². The topological polar surface area (TPSA) is 26.5 Å². The molecule has 3 rings (SSSR count). The zero-order chi connectivity index (χ0) is 17.9. The molecule has 0 N–H and O–H groups in total. The molecule has 1 aromatic carbocycles. The predicted octanol–water partition coefficient (Wildman–Crippen LogP) is 5.57. The van der Waals surface area contributed by atoms with Crippen LogP contribution in [0.2, 0.25) is 0 Å². The van der Waals surface area contributed by atoms with Crippen molar-refractivity contribution in [1.82, 2.24) is 9.38 Å². The Morgan fingerprint density at radius 2 is 1.83 bits per heavy atom. The number of halogens is 1. The standard InChI is InChI=1S/C18H19FN2O.C2H6/c1-11(2)22-17-6-5-14(8-16(17)19)15-10-21-13(4)9-20-18(21)7-12(15)3;1-2/h5-11H,1-4H3;1-2H3. The fourth-order valence-electron chi connectivity index (χ4n) is 2.56. The lowest BCUT2D eigenvalue weighted by Gasteiger charge is -2.13. The van der Waals surface area contributed by atoms with Crippen LogP contribution in [0.15, 0.2) is 36.7 Å². The second-order valence-corrected chi connectivity index (χ2v) is 5.81. The second-order valence-electron chi connectivity index (χ2n) is 5.81. The Labute approximate surface area is 143 Å². The van der Waals surface area contributed by atoms with Gasteiger partial charge in [-0.05, 0) is 57.0 Å². The lowest BCUT2D eigenvalue weighted by atomic mass is 10.0. The van der Waals surface area contributed by atoms with E-state index in [4.69, 9.17) is 4.74 Å². The van der Waals surface area contributed by atoms with Gasteiger partial charge in [-0.25, -0.2) is 9.37 Å². The number of hydrogen-bond acceptors (Lipinski definition) is 2. The Morgan fingerprint density at radius 1 is 1.12 bits per heavy atom. The molecular weight excluding hydrogens is 303 g/mol. The molecule has 0 fully saturated rings. The fourth-order valence-corrected chi connectivity index (χ4v) is 2.56. The molecule has 0 bridgehead atoms. The first-order chi connectivity index (χ1) is 11.5. The molecule has 0 spiro atoms. The van der Waals surface area contributed by atoms with Gasteiger partial charge in [0.15, 0.2) is 11.6 Å². The number of aromatic nitrogens is 2. The number of ether oxygens (including phenoxy) is 1. The molecule has 0 aliphatic rings. The van der Waals surface area contributed by atoms with Crippen LogP contribution in [0, 0.1) is 19.7 Å². The van der Waals surface area contributed by atoms with Crippen LogP contribution < -0.4 is 4.74 Å². The lowest BCUT2D eigenvalue weighted by Crippen LogP contribution is -2.06. The van der Waals surface area contributed by atoms with Gasteiger partial charge < -0.3 is 9.14 Å². The SMILES string of the molecule is CC.Cc1cc2ncc(C)n2cc1-c1ccc(OC(C)C)c(F)c1. The van der Waals surface area contributed by atoms with Crippen molar-refractivity contribution < 1.29 is 9.13 Å². The van der Waals surface area contributed by atoms with Crippen molar-refractivity contribution in [2.24, 2.45) is 0 Å². The quantitative estimate of drug-likeness (QED) is 0.628. The third-order valence-electron chi connectivity index (χ3n) is 3.64. The maximum absolute atomic E-state index is 14.2. The molecule has 0 amide bonds. The molecule has 0 saturated heterocycles. The van der Waals surface area contributed by atoms with Crippen molar-refractivity contribution in [3.05, 3.63) is 53.7 Å². The minimum atomic E-state index is -0.340. The van der Waals surface area contributed by atoms with E-state index in [0.29, 0.717) is 0 Å². The lowest BCUT2D eigenvalue weighted by molar-refractivity contribution is 0.231. The van der Waals surface area contributed by atoms with Gasteiger partial charge in [0, 0.05) is 23.7 Å². The third kappa shape index (κ3) is 3.58. The van der Waals surface area contributed by atoms with E-state index in [1.165, 1.54) is 6.07 Å². The fraction of sp³-hybridized carbons (Fsp3) is 0.350. The number of aryl methyl sites for hydroxylation is 2. The summed E-state index contributed by atoms with van der Waals surface area (Å²) in [5.74, 6) is -0.0515. The van der Waals surface area contributed by atoms with Crippen molar-refractivity contribution in [1.29, 1.82) is 0 Å². The highest BCUT2D eigenvalue weighted by Gasteiger charge is 2.11. The summed E-state index contributed by atoms with van der Waals surface area (Å²) in [6, 6.07) is 7.12. The Morgan fingerprint density at radius 3 is 2.46 bits per heavy atom. The van der Waals surface area contributed by atoms with Gasteiger partial charge in [-0.1, -0.05) is 19.9 Å². The summed E-state index contributed by atoms with van der Waals surface area (Å²) in [5.41, 5.74) is 4.84. The Kier molecular flexibility index (Phi) is 5.60. The summed E-state index contributed by atoms with van der Waals surface area (Å²) in [4.78, 5) is 4.35. The van der Waals surface area contributed by atoms with Gasteiger partial charge >= 0.3 is 0 Å². The van der Waals surface area contributed by atoms with Crippen LogP contribution in [0.3, 0.4) is 0 Å². The zero-order valence-corrected chi connectivity index (χ0v) is 15.2. The Hall–Kier alpha value is -2.36. The largest absolute Gasteiger partial charge is 0.488 e. The summed E-state index contributed by atoms with van der Waals surface area (Å²) >= 11 is 0. The van der Waals surface area contributed by atoms with Crippen LogP contribution in [0.4, 0.5) is 4.39 Å². The normalized spacial score (nSPS) is 10.7. The number of benzene rings is 1. The average molecular weight is 328 g/mol. The molecule has 2 aromatic heterocycles. The molecule has 0 aliphatic carbocycles. The van der Waals surface area contributed by atoms with Crippen molar-refractivity contribution in [3.8, 4) is 16.9 Å². The molecule has 0 atom stereocenters. The van der Waals surface area contributed by atoms with Crippen molar-refractivity contribution in [3.63, 3.8) is 0 Å². The number of pyridine rings is 1. The van der Waals surface area contributed by atoms with Crippen molar-refractivity contribution in [2.75, 3.05) is 0 Å². The number of fused-ring (bicyclic) bond motifs is 1. The van der Waals surface area contributed by atoms with Gasteiger partial charge in [0.05, 0.1) is 6.10 Å².